The fourth-order valence-corrected chi connectivity index (χ4v) is 2.54. The molecule has 0 aliphatic heterocycles. The van der Waals surface area contributed by atoms with Crippen molar-refractivity contribution in [1.29, 1.82) is 0 Å². The maximum Gasteiger partial charge on any atom is 0.126 e. The van der Waals surface area contributed by atoms with Gasteiger partial charge in [0.2, 0.25) is 0 Å². The van der Waals surface area contributed by atoms with Gasteiger partial charge in [-0.2, -0.15) is 5.10 Å². The van der Waals surface area contributed by atoms with E-state index in [1.54, 1.807) is 23.1 Å². The van der Waals surface area contributed by atoms with Gasteiger partial charge in [-0.25, -0.2) is 4.39 Å². The molecule has 0 amide bonds. The second-order valence-corrected chi connectivity index (χ2v) is 5.11. The van der Waals surface area contributed by atoms with Crippen molar-refractivity contribution >= 4 is 16.5 Å². The molecular weight excluding hydrogens is 241 g/mol. The number of aromatic nitrogens is 2. The molecule has 1 heterocycles. The van der Waals surface area contributed by atoms with Crippen LogP contribution < -0.4 is 5.73 Å². The maximum absolute atomic E-state index is 13.1. The standard InChI is InChI=1S/C11H12FN3OS/c12-9-6-10(13)8-11(7-9)17(16)5-4-15-3-1-2-14-15/h1-3,6-8H,4-5,13H2. The molecule has 2 aromatic rings. The lowest BCUT2D eigenvalue weighted by molar-refractivity contribution is 0.621. The van der Waals surface area contributed by atoms with Crippen LogP contribution in [-0.2, 0) is 17.3 Å². The first-order chi connectivity index (χ1) is 8.15. The highest BCUT2D eigenvalue weighted by atomic mass is 32.2. The summed E-state index contributed by atoms with van der Waals surface area (Å²) in [7, 11) is -1.27. The van der Waals surface area contributed by atoms with Crippen LogP contribution in [0, 0.1) is 5.82 Å². The Hall–Kier alpha value is -1.69. The lowest BCUT2D eigenvalue weighted by Crippen LogP contribution is -2.08. The van der Waals surface area contributed by atoms with E-state index in [4.69, 9.17) is 5.73 Å². The Labute approximate surface area is 101 Å². The minimum Gasteiger partial charge on any atom is -0.399 e. The second kappa shape index (κ2) is 5.09. The van der Waals surface area contributed by atoms with E-state index in [9.17, 15) is 8.60 Å². The van der Waals surface area contributed by atoms with Crippen molar-refractivity contribution in [3.8, 4) is 0 Å². The van der Waals surface area contributed by atoms with Gasteiger partial charge in [0.1, 0.15) is 5.82 Å². The minimum atomic E-state index is -1.27. The van der Waals surface area contributed by atoms with Crippen molar-refractivity contribution in [2.75, 3.05) is 11.5 Å². The summed E-state index contributed by atoms with van der Waals surface area (Å²) in [5, 5.41) is 4.00. The SMILES string of the molecule is Nc1cc(F)cc(S(=O)CCn2cccn2)c1. The molecule has 6 heteroatoms. The molecule has 0 saturated heterocycles. The monoisotopic (exact) mass is 253 g/mol. The van der Waals surface area contributed by atoms with Crippen LogP contribution in [0.15, 0.2) is 41.6 Å². The Balaban J connectivity index is 2.04. The Morgan fingerprint density at radius 2 is 2.24 bits per heavy atom. The number of rotatable bonds is 4. The van der Waals surface area contributed by atoms with Gasteiger partial charge in [0.05, 0.1) is 17.3 Å². The molecule has 2 N–H and O–H groups in total. The molecule has 0 radical (unpaired) electrons. The smallest absolute Gasteiger partial charge is 0.126 e. The fourth-order valence-electron chi connectivity index (χ4n) is 1.44. The van der Waals surface area contributed by atoms with Crippen LogP contribution >= 0.6 is 0 Å². The fraction of sp³-hybridized carbons (Fsp3) is 0.182. The molecule has 0 aliphatic rings. The van der Waals surface area contributed by atoms with E-state index in [1.807, 2.05) is 0 Å². The highest BCUT2D eigenvalue weighted by Gasteiger charge is 2.07. The number of anilines is 1. The number of nitrogens with zero attached hydrogens (tertiary/aromatic N) is 2. The number of halogens is 1. The zero-order valence-corrected chi connectivity index (χ0v) is 9.86. The van der Waals surface area contributed by atoms with E-state index in [1.165, 1.54) is 18.2 Å². The summed E-state index contributed by atoms with van der Waals surface area (Å²) >= 11 is 0. The van der Waals surface area contributed by atoms with Crippen molar-refractivity contribution in [3.63, 3.8) is 0 Å². The van der Waals surface area contributed by atoms with Gasteiger partial charge in [0, 0.05) is 28.7 Å². The molecular formula is C11H12FN3OS. The van der Waals surface area contributed by atoms with E-state index >= 15 is 0 Å². The van der Waals surface area contributed by atoms with Gasteiger partial charge in [-0.15, -0.1) is 0 Å². The summed E-state index contributed by atoms with van der Waals surface area (Å²) in [6.45, 7) is 0.524. The minimum absolute atomic E-state index is 0.285. The number of hydrogen-bond donors (Lipinski definition) is 1. The Morgan fingerprint density at radius 1 is 1.41 bits per heavy atom. The molecule has 0 spiro atoms. The number of nitrogen functional groups attached to an aromatic ring is 1. The molecule has 1 unspecified atom stereocenters. The number of aryl methyl sites for hydroxylation is 1. The third-order valence-corrected chi connectivity index (χ3v) is 3.54. The van der Waals surface area contributed by atoms with Gasteiger partial charge in [0.25, 0.3) is 0 Å². The van der Waals surface area contributed by atoms with Gasteiger partial charge in [0.15, 0.2) is 0 Å². The predicted molar refractivity (Wildman–Crippen MR) is 64.3 cm³/mol. The molecule has 0 aliphatic carbocycles. The summed E-state index contributed by atoms with van der Waals surface area (Å²) in [6.07, 6.45) is 3.44. The van der Waals surface area contributed by atoms with E-state index in [-0.39, 0.29) is 5.69 Å². The molecule has 1 aromatic carbocycles. The first kappa shape index (κ1) is 11.8. The summed E-state index contributed by atoms with van der Waals surface area (Å²) in [4.78, 5) is 0.412. The number of benzene rings is 1. The summed E-state index contributed by atoms with van der Waals surface area (Å²) < 4.78 is 26.6. The van der Waals surface area contributed by atoms with Gasteiger partial charge in [-0.3, -0.25) is 8.89 Å². The van der Waals surface area contributed by atoms with E-state index in [0.717, 1.165) is 0 Å². The van der Waals surface area contributed by atoms with Crippen LogP contribution in [0.25, 0.3) is 0 Å². The molecule has 2 rings (SSSR count). The third kappa shape index (κ3) is 3.13. The van der Waals surface area contributed by atoms with Crippen LogP contribution in [0.1, 0.15) is 0 Å². The molecule has 90 valence electrons. The van der Waals surface area contributed by atoms with Crippen molar-refractivity contribution in [2.45, 2.75) is 11.4 Å². The molecule has 17 heavy (non-hydrogen) atoms. The highest BCUT2D eigenvalue weighted by molar-refractivity contribution is 7.85. The van der Waals surface area contributed by atoms with Gasteiger partial charge < -0.3 is 5.73 Å². The van der Waals surface area contributed by atoms with Crippen LogP contribution in [0.3, 0.4) is 0 Å². The third-order valence-electron chi connectivity index (χ3n) is 2.22. The summed E-state index contributed by atoms with van der Waals surface area (Å²) in [6, 6.07) is 5.77. The Kier molecular flexibility index (Phi) is 3.53. The van der Waals surface area contributed by atoms with Crippen LogP contribution in [0.4, 0.5) is 10.1 Å². The first-order valence-corrected chi connectivity index (χ1v) is 6.39. The average Bonchev–Trinajstić information content (AvgIpc) is 2.77. The van der Waals surface area contributed by atoms with Crippen molar-refractivity contribution in [3.05, 3.63) is 42.5 Å². The van der Waals surface area contributed by atoms with Gasteiger partial charge in [-0.05, 0) is 24.3 Å². The summed E-state index contributed by atoms with van der Waals surface area (Å²) in [5.41, 5.74) is 5.78. The second-order valence-electron chi connectivity index (χ2n) is 3.54. The first-order valence-electron chi connectivity index (χ1n) is 5.07. The average molecular weight is 253 g/mol. The quantitative estimate of drug-likeness (QED) is 0.838. The molecule has 0 saturated carbocycles. The van der Waals surface area contributed by atoms with E-state index in [2.05, 4.69) is 5.10 Å². The zero-order valence-electron chi connectivity index (χ0n) is 9.04. The Morgan fingerprint density at radius 3 is 2.88 bits per heavy atom. The van der Waals surface area contributed by atoms with Gasteiger partial charge >= 0.3 is 0 Å². The highest BCUT2D eigenvalue weighted by Crippen LogP contribution is 2.14. The largest absolute Gasteiger partial charge is 0.399 e. The van der Waals surface area contributed by atoms with Gasteiger partial charge in [-0.1, -0.05) is 0 Å². The molecule has 1 aromatic heterocycles. The predicted octanol–water partition coefficient (Wildman–Crippen LogP) is 1.41. The number of nitrogens with two attached hydrogens (primary N) is 1. The van der Waals surface area contributed by atoms with E-state index < -0.39 is 16.6 Å². The maximum atomic E-state index is 13.1. The van der Waals surface area contributed by atoms with Crippen LogP contribution in [0.2, 0.25) is 0 Å². The molecule has 0 bridgehead atoms. The molecule has 4 nitrogen and oxygen atoms in total. The van der Waals surface area contributed by atoms with Crippen LogP contribution in [-0.4, -0.2) is 19.7 Å². The topological polar surface area (TPSA) is 60.9 Å². The normalized spacial score (nSPS) is 12.5. The molecule has 1 atom stereocenters. The van der Waals surface area contributed by atoms with Crippen molar-refractivity contribution < 1.29 is 8.60 Å². The van der Waals surface area contributed by atoms with E-state index in [0.29, 0.717) is 17.2 Å². The summed E-state index contributed by atoms with van der Waals surface area (Å²) in [5.74, 6) is -0.0858. The number of hydrogen-bond acceptors (Lipinski definition) is 3. The van der Waals surface area contributed by atoms with Crippen LogP contribution in [0.5, 0.6) is 0 Å². The lowest BCUT2D eigenvalue weighted by atomic mass is 10.3. The zero-order chi connectivity index (χ0) is 12.3. The Bertz CT molecular complexity index is 507. The molecule has 0 fully saturated rings. The van der Waals surface area contributed by atoms with Crippen molar-refractivity contribution in [2.24, 2.45) is 0 Å². The van der Waals surface area contributed by atoms with Crippen molar-refractivity contribution in [1.82, 2.24) is 9.78 Å². The lowest BCUT2D eigenvalue weighted by Gasteiger charge is -2.04.